The maximum atomic E-state index is 3.61. The van der Waals surface area contributed by atoms with Gasteiger partial charge in [0.05, 0.1) is 0 Å². The SMILES string of the molecule is CCCCN(C)CCNCC(CC)CCNC(C)C. The summed E-state index contributed by atoms with van der Waals surface area (Å²) in [7, 11) is 2.22. The van der Waals surface area contributed by atoms with E-state index in [0.717, 1.165) is 25.6 Å². The van der Waals surface area contributed by atoms with E-state index in [0.29, 0.717) is 6.04 Å². The average Bonchev–Trinajstić information content (AvgIpc) is 2.38. The summed E-state index contributed by atoms with van der Waals surface area (Å²) in [6.07, 6.45) is 5.17. The van der Waals surface area contributed by atoms with Crippen molar-refractivity contribution in [3.8, 4) is 0 Å². The number of nitrogens with one attached hydrogen (secondary N) is 2. The topological polar surface area (TPSA) is 27.3 Å². The van der Waals surface area contributed by atoms with Gasteiger partial charge in [-0.25, -0.2) is 0 Å². The van der Waals surface area contributed by atoms with Gasteiger partial charge in [0.1, 0.15) is 0 Å². The van der Waals surface area contributed by atoms with Crippen LogP contribution >= 0.6 is 0 Å². The van der Waals surface area contributed by atoms with Crippen LogP contribution in [0.2, 0.25) is 0 Å². The fraction of sp³-hybridized carbons (Fsp3) is 1.00. The summed E-state index contributed by atoms with van der Waals surface area (Å²) in [6, 6.07) is 0.609. The third kappa shape index (κ3) is 12.6. The van der Waals surface area contributed by atoms with Crippen molar-refractivity contribution in [1.29, 1.82) is 0 Å². The molecule has 0 saturated carbocycles. The highest BCUT2D eigenvalue weighted by Crippen LogP contribution is 2.05. The van der Waals surface area contributed by atoms with Crippen LogP contribution in [0.3, 0.4) is 0 Å². The Balaban J connectivity index is 3.49. The molecule has 3 heteroatoms. The van der Waals surface area contributed by atoms with Crippen molar-refractivity contribution < 1.29 is 0 Å². The number of hydrogen-bond donors (Lipinski definition) is 2. The second kappa shape index (κ2) is 12.9. The predicted octanol–water partition coefficient (Wildman–Crippen LogP) is 2.72. The van der Waals surface area contributed by atoms with Crippen molar-refractivity contribution in [3.05, 3.63) is 0 Å². The molecule has 0 fully saturated rings. The molecule has 19 heavy (non-hydrogen) atoms. The molecule has 0 aromatic carbocycles. The summed E-state index contributed by atoms with van der Waals surface area (Å²) in [5.74, 6) is 0.812. The van der Waals surface area contributed by atoms with Crippen molar-refractivity contribution >= 4 is 0 Å². The van der Waals surface area contributed by atoms with Gasteiger partial charge in [-0.15, -0.1) is 0 Å². The largest absolute Gasteiger partial charge is 0.315 e. The van der Waals surface area contributed by atoms with Gasteiger partial charge in [0.2, 0.25) is 0 Å². The second-order valence-corrected chi connectivity index (χ2v) is 6.03. The number of nitrogens with zero attached hydrogens (tertiary/aromatic N) is 1. The van der Waals surface area contributed by atoms with Gasteiger partial charge in [-0.05, 0) is 45.4 Å². The molecule has 0 heterocycles. The molecule has 0 aliphatic rings. The Labute approximate surface area is 121 Å². The van der Waals surface area contributed by atoms with Crippen molar-refractivity contribution in [3.63, 3.8) is 0 Å². The zero-order valence-corrected chi connectivity index (χ0v) is 14.0. The number of likely N-dealkylation sites (N-methyl/N-ethyl adjacent to an activating group) is 1. The molecule has 0 amide bonds. The van der Waals surface area contributed by atoms with E-state index in [1.165, 1.54) is 38.8 Å². The molecular formula is C16H37N3. The molecule has 0 saturated heterocycles. The summed E-state index contributed by atoms with van der Waals surface area (Å²) in [6.45, 7) is 14.8. The minimum atomic E-state index is 0.609. The summed E-state index contributed by atoms with van der Waals surface area (Å²) in [5, 5.41) is 7.12. The maximum Gasteiger partial charge on any atom is 0.0104 e. The lowest BCUT2D eigenvalue weighted by Crippen LogP contribution is -2.33. The van der Waals surface area contributed by atoms with Crippen LogP contribution in [0.5, 0.6) is 0 Å². The van der Waals surface area contributed by atoms with Gasteiger partial charge in [-0.3, -0.25) is 0 Å². The van der Waals surface area contributed by atoms with E-state index >= 15 is 0 Å². The van der Waals surface area contributed by atoms with Gasteiger partial charge in [0.15, 0.2) is 0 Å². The van der Waals surface area contributed by atoms with Crippen LogP contribution in [0, 0.1) is 5.92 Å². The molecule has 3 nitrogen and oxygen atoms in total. The van der Waals surface area contributed by atoms with Crippen LogP contribution in [-0.4, -0.2) is 50.7 Å². The zero-order valence-electron chi connectivity index (χ0n) is 14.0. The van der Waals surface area contributed by atoms with Gasteiger partial charge in [-0.2, -0.15) is 0 Å². The standard InChI is InChI=1S/C16H37N3/c1-6-8-12-19(5)13-11-17-14-16(7-2)9-10-18-15(3)4/h15-18H,6-14H2,1-5H3. The number of hydrogen-bond acceptors (Lipinski definition) is 3. The normalized spacial score (nSPS) is 13.4. The smallest absolute Gasteiger partial charge is 0.0104 e. The monoisotopic (exact) mass is 271 g/mol. The zero-order chi connectivity index (χ0) is 14.5. The predicted molar refractivity (Wildman–Crippen MR) is 86.8 cm³/mol. The molecule has 0 radical (unpaired) electrons. The second-order valence-electron chi connectivity index (χ2n) is 6.03. The molecule has 0 rings (SSSR count). The summed E-state index contributed by atoms with van der Waals surface area (Å²) in [5.41, 5.74) is 0. The third-order valence-electron chi connectivity index (χ3n) is 3.68. The molecule has 0 spiro atoms. The Morgan fingerprint density at radius 2 is 1.79 bits per heavy atom. The van der Waals surface area contributed by atoms with Crippen LogP contribution in [0.4, 0.5) is 0 Å². The first-order valence-corrected chi connectivity index (χ1v) is 8.22. The van der Waals surface area contributed by atoms with E-state index in [1.807, 2.05) is 0 Å². The van der Waals surface area contributed by atoms with E-state index in [-0.39, 0.29) is 0 Å². The van der Waals surface area contributed by atoms with Crippen molar-refractivity contribution in [2.45, 2.75) is 59.4 Å². The van der Waals surface area contributed by atoms with Crippen LogP contribution in [0.15, 0.2) is 0 Å². The van der Waals surface area contributed by atoms with Crippen molar-refractivity contribution in [2.24, 2.45) is 5.92 Å². The van der Waals surface area contributed by atoms with Crippen LogP contribution < -0.4 is 10.6 Å². The Morgan fingerprint density at radius 3 is 2.37 bits per heavy atom. The van der Waals surface area contributed by atoms with Crippen molar-refractivity contribution in [2.75, 3.05) is 39.8 Å². The first kappa shape index (κ1) is 18.9. The summed E-state index contributed by atoms with van der Waals surface area (Å²) in [4.78, 5) is 2.43. The van der Waals surface area contributed by atoms with Gasteiger partial charge in [0.25, 0.3) is 0 Å². The molecule has 0 bridgehead atoms. The number of rotatable bonds is 13. The summed E-state index contributed by atoms with van der Waals surface area (Å²) >= 11 is 0. The highest BCUT2D eigenvalue weighted by molar-refractivity contribution is 4.65. The van der Waals surface area contributed by atoms with Gasteiger partial charge < -0.3 is 15.5 Å². The minimum Gasteiger partial charge on any atom is -0.315 e. The molecule has 0 aromatic rings. The third-order valence-corrected chi connectivity index (χ3v) is 3.68. The van der Waals surface area contributed by atoms with Crippen LogP contribution in [0.1, 0.15) is 53.4 Å². The Morgan fingerprint density at radius 1 is 1.05 bits per heavy atom. The highest BCUT2D eigenvalue weighted by Gasteiger charge is 2.06. The Kier molecular flexibility index (Phi) is 12.8. The van der Waals surface area contributed by atoms with E-state index in [1.54, 1.807) is 0 Å². The molecule has 0 aliphatic carbocycles. The molecule has 1 unspecified atom stereocenters. The summed E-state index contributed by atoms with van der Waals surface area (Å²) < 4.78 is 0. The van der Waals surface area contributed by atoms with E-state index in [4.69, 9.17) is 0 Å². The van der Waals surface area contributed by atoms with Gasteiger partial charge >= 0.3 is 0 Å². The Hall–Kier alpha value is -0.120. The van der Waals surface area contributed by atoms with Crippen LogP contribution in [0.25, 0.3) is 0 Å². The van der Waals surface area contributed by atoms with Crippen LogP contribution in [-0.2, 0) is 0 Å². The number of unbranched alkanes of at least 4 members (excludes halogenated alkanes) is 1. The van der Waals surface area contributed by atoms with Gasteiger partial charge in [0, 0.05) is 19.1 Å². The van der Waals surface area contributed by atoms with E-state index in [9.17, 15) is 0 Å². The lowest BCUT2D eigenvalue weighted by atomic mass is 10.0. The molecular weight excluding hydrogens is 234 g/mol. The molecule has 116 valence electrons. The average molecular weight is 271 g/mol. The van der Waals surface area contributed by atoms with E-state index < -0.39 is 0 Å². The Bertz CT molecular complexity index is 183. The molecule has 0 aliphatic heterocycles. The highest BCUT2D eigenvalue weighted by atomic mass is 15.1. The first-order valence-electron chi connectivity index (χ1n) is 8.22. The lowest BCUT2D eigenvalue weighted by Gasteiger charge is -2.19. The lowest BCUT2D eigenvalue weighted by molar-refractivity contribution is 0.317. The fourth-order valence-corrected chi connectivity index (χ4v) is 2.14. The first-order chi connectivity index (χ1) is 9.10. The molecule has 2 N–H and O–H groups in total. The minimum absolute atomic E-state index is 0.609. The molecule has 1 atom stereocenters. The quantitative estimate of drug-likeness (QED) is 0.504. The van der Waals surface area contributed by atoms with Crippen molar-refractivity contribution in [1.82, 2.24) is 15.5 Å². The van der Waals surface area contributed by atoms with Gasteiger partial charge in [-0.1, -0.05) is 40.5 Å². The fourth-order valence-electron chi connectivity index (χ4n) is 2.14. The molecule has 0 aromatic heterocycles. The van der Waals surface area contributed by atoms with E-state index in [2.05, 4.69) is 50.3 Å². The maximum absolute atomic E-state index is 3.61.